The number of benzene rings is 1. The predicted molar refractivity (Wildman–Crippen MR) is 64.6 cm³/mol. The van der Waals surface area contributed by atoms with Gasteiger partial charge in [-0.05, 0) is 37.5 Å². The van der Waals surface area contributed by atoms with Crippen LogP contribution in [0.25, 0.3) is 10.9 Å². The lowest BCUT2D eigenvalue weighted by Gasteiger charge is -1.98. The molecule has 0 fully saturated rings. The Morgan fingerprint density at radius 3 is 2.94 bits per heavy atom. The van der Waals surface area contributed by atoms with Crippen LogP contribution in [0.5, 0.6) is 0 Å². The van der Waals surface area contributed by atoms with Crippen LogP contribution in [0.4, 0.5) is 4.39 Å². The number of aryl methyl sites for hydroxylation is 1. The SMILES string of the molecule is FCCCCCn1cc2ccc(Cl)cc2n1. The van der Waals surface area contributed by atoms with Crippen molar-refractivity contribution in [3.63, 3.8) is 0 Å². The molecular formula is C12H14ClFN2. The van der Waals surface area contributed by atoms with E-state index in [0.717, 1.165) is 30.3 Å². The van der Waals surface area contributed by atoms with Crippen LogP contribution in [-0.4, -0.2) is 16.5 Å². The lowest BCUT2D eigenvalue weighted by atomic mass is 10.2. The van der Waals surface area contributed by atoms with Crippen molar-refractivity contribution in [2.45, 2.75) is 25.8 Å². The summed E-state index contributed by atoms with van der Waals surface area (Å²) in [4.78, 5) is 0. The quantitative estimate of drug-likeness (QED) is 0.727. The van der Waals surface area contributed by atoms with Crippen LogP contribution >= 0.6 is 11.6 Å². The number of hydrogen-bond acceptors (Lipinski definition) is 1. The summed E-state index contributed by atoms with van der Waals surface area (Å²) < 4.78 is 13.8. The molecule has 4 heteroatoms. The van der Waals surface area contributed by atoms with Gasteiger partial charge in [0.25, 0.3) is 0 Å². The molecule has 0 unspecified atom stereocenters. The predicted octanol–water partition coefficient (Wildman–Crippen LogP) is 3.83. The molecule has 1 aromatic carbocycles. The molecule has 0 aliphatic rings. The Kier molecular flexibility index (Phi) is 3.78. The lowest BCUT2D eigenvalue weighted by molar-refractivity contribution is 0.443. The van der Waals surface area contributed by atoms with Crippen molar-refractivity contribution >= 4 is 22.5 Å². The van der Waals surface area contributed by atoms with Crippen molar-refractivity contribution in [3.05, 3.63) is 29.4 Å². The van der Waals surface area contributed by atoms with Crippen molar-refractivity contribution < 1.29 is 4.39 Å². The molecule has 0 bridgehead atoms. The number of hydrogen-bond donors (Lipinski definition) is 0. The van der Waals surface area contributed by atoms with E-state index in [1.54, 1.807) is 0 Å². The van der Waals surface area contributed by atoms with Gasteiger partial charge in [-0.15, -0.1) is 0 Å². The number of aromatic nitrogens is 2. The fourth-order valence-corrected chi connectivity index (χ4v) is 1.87. The molecule has 2 rings (SSSR count). The molecule has 0 spiro atoms. The van der Waals surface area contributed by atoms with Gasteiger partial charge in [-0.2, -0.15) is 5.10 Å². The Labute approximate surface area is 99.0 Å². The summed E-state index contributed by atoms with van der Waals surface area (Å²) in [7, 11) is 0. The van der Waals surface area contributed by atoms with E-state index in [-0.39, 0.29) is 6.67 Å². The maximum Gasteiger partial charge on any atom is 0.0938 e. The standard InChI is InChI=1S/C12H14ClFN2/c13-11-5-4-10-9-16(15-12(10)8-11)7-3-1-2-6-14/h4-5,8-9H,1-3,6-7H2. The maximum atomic E-state index is 11.9. The molecule has 16 heavy (non-hydrogen) atoms. The van der Waals surface area contributed by atoms with E-state index in [2.05, 4.69) is 5.10 Å². The average Bonchev–Trinajstić information content (AvgIpc) is 2.66. The summed E-state index contributed by atoms with van der Waals surface area (Å²) in [5.41, 5.74) is 0.915. The number of unbranched alkanes of at least 4 members (excludes halogenated alkanes) is 2. The summed E-state index contributed by atoms with van der Waals surface area (Å²) in [6.07, 6.45) is 4.52. The van der Waals surface area contributed by atoms with Crippen molar-refractivity contribution in [1.29, 1.82) is 0 Å². The Hall–Kier alpha value is -1.09. The first-order chi connectivity index (χ1) is 7.79. The second kappa shape index (κ2) is 5.30. The fraction of sp³-hybridized carbons (Fsp3) is 0.417. The zero-order valence-electron chi connectivity index (χ0n) is 9.00. The van der Waals surface area contributed by atoms with E-state index in [1.165, 1.54) is 0 Å². The summed E-state index contributed by atoms with van der Waals surface area (Å²) in [5, 5.41) is 6.21. The smallest absolute Gasteiger partial charge is 0.0938 e. The average molecular weight is 241 g/mol. The monoisotopic (exact) mass is 240 g/mol. The van der Waals surface area contributed by atoms with E-state index < -0.39 is 0 Å². The number of nitrogens with zero attached hydrogens (tertiary/aromatic N) is 2. The molecule has 0 atom stereocenters. The minimum absolute atomic E-state index is 0.226. The third-order valence-electron chi connectivity index (χ3n) is 2.54. The summed E-state index contributed by atoms with van der Waals surface area (Å²) in [6, 6.07) is 5.68. The van der Waals surface area contributed by atoms with Gasteiger partial charge in [0.05, 0.1) is 12.2 Å². The highest BCUT2D eigenvalue weighted by Gasteiger charge is 2.00. The van der Waals surface area contributed by atoms with Gasteiger partial charge in [0.1, 0.15) is 0 Å². The molecule has 0 amide bonds. The van der Waals surface area contributed by atoms with E-state index in [9.17, 15) is 4.39 Å². The third kappa shape index (κ3) is 2.73. The van der Waals surface area contributed by atoms with E-state index in [0.29, 0.717) is 11.4 Å². The van der Waals surface area contributed by atoms with Crippen LogP contribution in [0, 0.1) is 0 Å². The van der Waals surface area contributed by atoms with Crippen molar-refractivity contribution in [2.24, 2.45) is 0 Å². The van der Waals surface area contributed by atoms with Gasteiger partial charge in [0, 0.05) is 23.2 Å². The van der Waals surface area contributed by atoms with Crippen LogP contribution in [-0.2, 0) is 6.54 Å². The maximum absolute atomic E-state index is 11.9. The number of fused-ring (bicyclic) bond motifs is 1. The zero-order chi connectivity index (χ0) is 11.4. The molecule has 0 saturated carbocycles. The normalized spacial score (nSPS) is 11.1. The summed E-state index contributed by atoms with van der Waals surface area (Å²) in [6.45, 7) is 0.614. The molecule has 0 saturated heterocycles. The van der Waals surface area contributed by atoms with Crippen LogP contribution in [0.3, 0.4) is 0 Å². The first kappa shape index (κ1) is 11.4. The van der Waals surface area contributed by atoms with Crippen LogP contribution in [0.1, 0.15) is 19.3 Å². The Morgan fingerprint density at radius 1 is 1.25 bits per heavy atom. The van der Waals surface area contributed by atoms with E-state index in [4.69, 9.17) is 11.6 Å². The topological polar surface area (TPSA) is 17.8 Å². The van der Waals surface area contributed by atoms with Crippen LogP contribution in [0.15, 0.2) is 24.4 Å². The van der Waals surface area contributed by atoms with Crippen LogP contribution in [0.2, 0.25) is 5.02 Å². The highest BCUT2D eigenvalue weighted by molar-refractivity contribution is 6.31. The molecule has 0 N–H and O–H groups in total. The molecule has 2 aromatic rings. The second-order valence-electron chi connectivity index (χ2n) is 3.84. The fourth-order valence-electron chi connectivity index (χ4n) is 1.70. The first-order valence-corrected chi connectivity index (χ1v) is 5.86. The molecule has 0 aliphatic heterocycles. The number of alkyl halides is 1. The minimum Gasteiger partial charge on any atom is -0.272 e. The van der Waals surface area contributed by atoms with Gasteiger partial charge in [-0.3, -0.25) is 9.07 Å². The molecule has 1 heterocycles. The Morgan fingerprint density at radius 2 is 2.12 bits per heavy atom. The van der Waals surface area contributed by atoms with Crippen molar-refractivity contribution in [2.75, 3.05) is 6.67 Å². The second-order valence-corrected chi connectivity index (χ2v) is 4.28. The van der Waals surface area contributed by atoms with Gasteiger partial charge in [0.2, 0.25) is 0 Å². The third-order valence-corrected chi connectivity index (χ3v) is 2.77. The minimum atomic E-state index is -0.226. The highest BCUT2D eigenvalue weighted by Crippen LogP contribution is 2.17. The summed E-state index contributed by atoms with van der Waals surface area (Å²) >= 11 is 5.88. The van der Waals surface area contributed by atoms with Gasteiger partial charge < -0.3 is 0 Å². The highest BCUT2D eigenvalue weighted by atomic mass is 35.5. The zero-order valence-corrected chi connectivity index (χ0v) is 9.75. The van der Waals surface area contributed by atoms with Gasteiger partial charge in [-0.1, -0.05) is 11.6 Å². The van der Waals surface area contributed by atoms with E-state index >= 15 is 0 Å². The largest absolute Gasteiger partial charge is 0.272 e. The lowest BCUT2D eigenvalue weighted by Crippen LogP contribution is -1.98. The molecule has 2 nitrogen and oxygen atoms in total. The number of halogens is 2. The van der Waals surface area contributed by atoms with Crippen LogP contribution < -0.4 is 0 Å². The van der Waals surface area contributed by atoms with E-state index in [1.807, 2.05) is 29.1 Å². The molecule has 0 radical (unpaired) electrons. The van der Waals surface area contributed by atoms with Gasteiger partial charge >= 0.3 is 0 Å². The Balaban J connectivity index is 2.02. The molecule has 86 valence electrons. The molecular weight excluding hydrogens is 227 g/mol. The van der Waals surface area contributed by atoms with Gasteiger partial charge in [-0.25, -0.2) is 0 Å². The van der Waals surface area contributed by atoms with Crippen molar-refractivity contribution in [1.82, 2.24) is 9.78 Å². The molecule has 0 aliphatic carbocycles. The Bertz CT molecular complexity index is 467. The summed E-state index contributed by atoms with van der Waals surface area (Å²) in [5.74, 6) is 0. The molecule has 1 aromatic heterocycles. The van der Waals surface area contributed by atoms with Crippen molar-refractivity contribution in [3.8, 4) is 0 Å². The first-order valence-electron chi connectivity index (χ1n) is 5.48. The van der Waals surface area contributed by atoms with Gasteiger partial charge in [0.15, 0.2) is 0 Å². The number of rotatable bonds is 5.